The fraction of sp³-hybridized carbons (Fsp3) is 0.526. The van der Waals surface area contributed by atoms with Crippen LogP contribution in [0, 0.1) is 0 Å². The molecule has 0 bridgehead atoms. The summed E-state index contributed by atoms with van der Waals surface area (Å²) in [4.78, 5) is 6.88. The minimum absolute atomic E-state index is 0. The Bertz CT molecular complexity index is 636. The smallest absolute Gasteiger partial charge is 0.191 e. The molecular weight excluding hydrogens is 425 g/mol. The Morgan fingerprint density at radius 2 is 1.92 bits per heavy atom. The van der Waals surface area contributed by atoms with E-state index in [9.17, 15) is 0 Å². The molecule has 5 nitrogen and oxygen atoms in total. The molecule has 0 fully saturated rings. The van der Waals surface area contributed by atoms with Crippen molar-refractivity contribution in [2.45, 2.75) is 26.3 Å². The molecule has 1 aromatic heterocycles. The van der Waals surface area contributed by atoms with Gasteiger partial charge in [-0.25, -0.2) is 0 Å². The number of aryl methyl sites for hydroxylation is 1. The molecule has 0 radical (unpaired) electrons. The van der Waals surface area contributed by atoms with Gasteiger partial charge >= 0.3 is 0 Å². The molecule has 0 unspecified atom stereocenters. The van der Waals surface area contributed by atoms with Gasteiger partial charge in [-0.2, -0.15) is 0 Å². The lowest BCUT2D eigenvalue weighted by Crippen LogP contribution is -2.38. The number of hydrogen-bond donors (Lipinski definition) is 2. The molecular formula is C19H32IN5. The molecule has 0 amide bonds. The van der Waals surface area contributed by atoms with Crippen molar-refractivity contribution in [1.29, 1.82) is 0 Å². The predicted molar refractivity (Wildman–Crippen MR) is 119 cm³/mol. The Morgan fingerprint density at radius 1 is 1.12 bits per heavy atom. The van der Waals surface area contributed by atoms with Gasteiger partial charge in [-0.1, -0.05) is 18.2 Å². The van der Waals surface area contributed by atoms with E-state index in [2.05, 4.69) is 82.6 Å². The topological polar surface area (TPSA) is 44.6 Å². The van der Waals surface area contributed by atoms with Gasteiger partial charge in [0.2, 0.25) is 0 Å². The van der Waals surface area contributed by atoms with Crippen LogP contribution >= 0.6 is 24.0 Å². The highest BCUT2D eigenvalue weighted by Gasteiger charge is 2.00. The van der Waals surface area contributed by atoms with Gasteiger partial charge in [-0.3, -0.25) is 4.99 Å². The summed E-state index contributed by atoms with van der Waals surface area (Å²) in [5.74, 6) is 0.925. The first-order valence-electron chi connectivity index (χ1n) is 8.91. The molecule has 2 N–H and O–H groups in total. The summed E-state index contributed by atoms with van der Waals surface area (Å²) in [6.07, 6.45) is 4.32. The zero-order valence-electron chi connectivity index (χ0n) is 15.7. The molecule has 6 heteroatoms. The molecule has 0 atom stereocenters. The third-order valence-electron chi connectivity index (χ3n) is 3.93. The van der Waals surface area contributed by atoms with Crippen LogP contribution in [0.2, 0.25) is 0 Å². The van der Waals surface area contributed by atoms with Gasteiger partial charge in [0.05, 0.1) is 0 Å². The van der Waals surface area contributed by atoms with Crippen LogP contribution in [0.3, 0.4) is 0 Å². The zero-order chi connectivity index (χ0) is 17.2. The number of nitrogens with one attached hydrogen (secondary N) is 2. The van der Waals surface area contributed by atoms with Gasteiger partial charge in [0.25, 0.3) is 0 Å². The van der Waals surface area contributed by atoms with Crippen LogP contribution in [-0.2, 0) is 6.54 Å². The summed E-state index contributed by atoms with van der Waals surface area (Å²) in [6.45, 7) is 6.86. The number of rotatable bonds is 9. The standard InChI is InChI=1S/C19H31N5.HI/c1-4-20-19(21-12-7-14-23(2)3)22-13-8-15-24-16-11-17-9-5-6-10-18(17)24;/h5-6,9-11,16H,4,7-8,12-15H2,1-3H3,(H2,20,21,22);1H. The maximum atomic E-state index is 4.68. The largest absolute Gasteiger partial charge is 0.357 e. The average Bonchev–Trinajstić information content (AvgIpc) is 2.98. The number of aromatic nitrogens is 1. The van der Waals surface area contributed by atoms with Crippen molar-refractivity contribution < 1.29 is 0 Å². The molecule has 1 aromatic carbocycles. The van der Waals surface area contributed by atoms with Gasteiger partial charge in [0.1, 0.15) is 0 Å². The van der Waals surface area contributed by atoms with Gasteiger partial charge < -0.3 is 20.1 Å². The number of nitrogens with zero attached hydrogens (tertiary/aromatic N) is 3. The summed E-state index contributed by atoms with van der Waals surface area (Å²) >= 11 is 0. The number of guanidine groups is 1. The Kier molecular flexibility index (Phi) is 10.6. The second-order valence-corrected chi connectivity index (χ2v) is 6.27. The molecule has 25 heavy (non-hydrogen) atoms. The lowest BCUT2D eigenvalue weighted by molar-refractivity contribution is 0.399. The Balaban J connectivity index is 0.00000312. The predicted octanol–water partition coefficient (Wildman–Crippen LogP) is 3.16. The number of hydrogen-bond acceptors (Lipinski definition) is 2. The van der Waals surface area contributed by atoms with E-state index in [0.29, 0.717) is 0 Å². The highest BCUT2D eigenvalue weighted by atomic mass is 127. The van der Waals surface area contributed by atoms with E-state index < -0.39 is 0 Å². The van der Waals surface area contributed by atoms with Gasteiger partial charge in [0, 0.05) is 37.9 Å². The molecule has 0 saturated carbocycles. The molecule has 0 spiro atoms. The van der Waals surface area contributed by atoms with E-state index in [1.807, 2.05) is 0 Å². The number of para-hydroxylation sites is 1. The van der Waals surface area contributed by atoms with Gasteiger partial charge in [-0.15, -0.1) is 24.0 Å². The van der Waals surface area contributed by atoms with Gasteiger partial charge in [0.15, 0.2) is 5.96 Å². The number of benzene rings is 1. The SMILES string of the molecule is CCNC(=NCCCn1ccc2ccccc21)NCCCN(C)C.I. The summed E-state index contributed by atoms with van der Waals surface area (Å²) in [5, 5.41) is 8.02. The average molecular weight is 457 g/mol. The Morgan fingerprint density at radius 3 is 2.68 bits per heavy atom. The van der Waals surface area contributed by atoms with E-state index in [1.165, 1.54) is 10.9 Å². The second-order valence-electron chi connectivity index (χ2n) is 6.27. The zero-order valence-corrected chi connectivity index (χ0v) is 18.0. The Labute approximate surface area is 168 Å². The van der Waals surface area contributed by atoms with Crippen molar-refractivity contribution in [3.63, 3.8) is 0 Å². The molecule has 1 heterocycles. The lowest BCUT2D eigenvalue weighted by atomic mass is 10.2. The number of fused-ring (bicyclic) bond motifs is 1. The highest BCUT2D eigenvalue weighted by molar-refractivity contribution is 14.0. The van der Waals surface area contributed by atoms with Crippen LogP contribution in [0.5, 0.6) is 0 Å². The monoisotopic (exact) mass is 457 g/mol. The first-order valence-corrected chi connectivity index (χ1v) is 8.91. The van der Waals surface area contributed by atoms with E-state index in [-0.39, 0.29) is 24.0 Å². The summed E-state index contributed by atoms with van der Waals surface area (Å²) in [5.41, 5.74) is 1.30. The Hall–Kier alpha value is -1.28. The van der Waals surface area contributed by atoms with Crippen LogP contribution in [0.4, 0.5) is 0 Å². The van der Waals surface area contributed by atoms with Crippen molar-refractivity contribution in [1.82, 2.24) is 20.1 Å². The minimum Gasteiger partial charge on any atom is -0.357 e. The van der Waals surface area contributed by atoms with E-state index >= 15 is 0 Å². The van der Waals surface area contributed by atoms with Crippen molar-refractivity contribution in [2.24, 2.45) is 4.99 Å². The molecule has 0 saturated heterocycles. The fourth-order valence-corrected chi connectivity index (χ4v) is 2.71. The van der Waals surface area contributed by atoms with Crippen molar-refractivity contribution >= 4 is 40.8 Å². The summed E-state index contributed by atoms with van der Waals surface area (Å²) < 4.78 is 2.31. The quantitative estimate of drug-likeness (QED) is 0.263. The normalized spacial score (nSPS) is 11.6. The van der Waals surface area contributed by atoms with Crippen LogP contribution in [0.1, 0.15) is 19.8 Å². The first-order chi connectivity index (χ1) is 11.7. The third kappa shape index (κ3) is 7.64. The molecule has 2 rings (SSSR count). The van der Waals surface area contributed by atoms with Gasteiger partial charge in [-0.05, 0) is 57.9 Å². The molecule has 0 aliphatic rings. The highest BCUT2D eigenvalue weighted by Crippen LogP contribution is 2.15. The van der Waals surface area contributed by atoms with Crippen molar-refractivity contribution in [3.05, 3.63) is 36.5 Å². The minimum atomic E-state index is 0. The van der Waals surface area contributed by atoms with Crippen molar-refractivity contribution in [2.75, 3.05) is 40.3 Å². The first kappa shape index (κ1) is 21.8. The van der Waals surface area contributed by atoms with Crippen LogP contribution in [-0.4, -0.2) is 55.7 Å². The fourth-order valence-electron chi connectivity index (χ4n) is 2.71. The second kappa shape index (κ2) is 12.1. The molecule has 140 valence electrons. The van der Waals surface area contributed by atoms with E-state index in [0.717, 1.165) is 51.5 Å². The van der Waals surface area contributed by atoms with Crippen LogP contribution in [0.15, 0.2) is 41.5 Å². The lowest BCUT2D eigenvalue weighted by Gasteiger charge is -2.13. The van der Waals surface area contributed by atoms with Crippen LogP contribution in [0.25, 0.3) is 10.9 Å². The number of aliphatic imine (C=N–C) groups is 1. The third-order valence-corrected chi connectivity index (χ3v) is 3.93. The number of halogens is 1. The van der Waals surface area contributed by atoms with Crippen molar-refractivity contribution in [3.8, 4) is 0 Å². The van der Waals surface area contributed by atoms with Crippen LogP contribution < -0.4 is 10.6 Å². The van der Waals surface area contributed by atoms with E-state index in [4.69, 9.17) is 0 Å². The maximum absolute atomic E-state index is 4.68. The molecule has 0 aliphatic heterocycles. The maximum Gasteiger partial charge on any atom is 0.191 e. The molecule has 2 aromatic rings. The molecule has 0 aliphatic carbocycles. The summed E-state index contributed by atoms with van der Waals surface area (Å²) in [6, 6.07) is 10.7. The summed E-state index contributed by atoms with van der Waals surface area (Å²) in [7, 11) is 4.20. The van der Waals surface area contributed by atoms with E-state index in [1.54, 1.807) is 0 Å².